The molecule has 4 aromatic rings. The van der Waals surface area contributed by atoms with Gasteiger partial charge in [0, 0.05) is 32.9 Å². The van der Waals surface area contributed by atoms with Gasteiger partial charge in [-0.3, -0.25) is 9.59 Å². The second-order valence-electron chi connectivity index (χ2n) is 8.12. The lowest BCUT2D eigenvalue weighted by molar-refractivity contribution is 0.0747. The summed E-state index contributed by atoms with van der Waals surface area (Å²) in [5.74, 6) is -0.0170. The van der Waals surface area contributed by atoms with Crippen molar-refractivity contribution in [2.24, 2.45) is 0 Å². The molecule has 2 amide bonds. The van der Waals surface area contributed by atoms with E-state index in [0.29, 0.717) is 39.9 Å². The van der Waals surface area contributed by atoms with Crippen molar-refractivity contribution < 1.29 is 14.0 Å². The second kappa shape index (κ2) is 9.92. The number of nitrogens with zero attached hydrogens (tertiary/aromatic N) is 4. The molecule has 7 nitrogen and oxygen atoms in total. The van der Waals surface area contributed by atoms with Gasteiger partial charge in [0.25, 0.3) is 11.8 Å². The minimum absolute atomic E-state index is 0.191. The highest BCUT2D eigenvalue weighted by Crippen LogP contribution is 2.37. The van der Waals surface area contributed by atoms with E-state index in [4.69, 9.17) is 0 Å². The Hall–Kier alpha value is -3.02. The van der Waals surface area contributed by atoms with Gasteiger partial charge in [0.2, 0.25) is 0 Å². The maximum absolute atomic E-state index is 13.9. The standard InChI is InChI=1S/C24H22FN5O2S3/c1-29(2)24-28-19(20(35-24)14-5-3-6-15(25)11-14)23(32)30-9-10-33-18(30)12-26-22(31)16-7-4-8-17-21(16)34-13-27-17/h3-8,11,13,18H,9-10,12H2,1-2H3,(H,26,31). The van der Waals surface area contributed by atoms with E-state index in [-0.39, 0.29) is 23.0 Å². The van der Waals surface area contributed by atoms with Gasteiger partial charge in [-0.05, 0) is 29.8 Å². The Balaban J connectivity index is 1.37. The summed E-state index contributed by atoms with van der Waals surface area (Å²) in [7, 11) is 3.71. The molecule has 11 heteroatoms. The van der Waals surface area contributed by atoms with E-state index in [0.717, 1.165) is 16.0 Å². The van der Waals surface area contributed by atoms with Crippen LogP contribution in [0, 0.1) is 5.82 Å². The zero-order chi connectivity index (χ0) is 24.5. The van der Waals surface area contributed by atoms with Gasteiger partial charge in [-0.1, -0.05) is 29.5 Å². The number of halogens is 1. The molecule has 0 spiro atoms. The maximum Gasteiger partial charge on any atom is 0.275 e. The molecule has 1 unspecified atom stereocenters. The van der Waals surface area contributed by atoms with Gasteiger partial charge in [-0.25, -0.2) is 14.4 Å². The number of hydrogen-bond acceptors (Lipinski definition) is 8. The molecule has 180 valence electrons. The predicted molar refractivity (Wildman–Crippen MR) is 141 cm³/mol. The molecule has 0 radical (unpaired) electrons. The smallest absolute Gasteiger partial charge is 0.275 e. The number of carbonyl (C=O) groups excluding carboxylic acids is 2. The van der Waals surface area contributed by atoms with Crippen molar-refractivity contribution in [2.75, 3.05) is 37.8 Å². The monoisotopic (exact) mass is 527 g/mol. The lowest BCUT2D eigenvalue weighted by Gasteiger charge is -2.24. The minimum atomic E-state index is -0.367. The third-order valence-electron chi connectivity index (χ3n) is 5.58. The molecule has 1 atom stereocenters. The third-order valence-corrected chi connectivity index (χ3v) is 8.95. The van der Waals surface area contributed by atoms with E-state index in [1.807, 2.05) is 31.1 Å². The highest BCUT2D eigenvalue weighted by Gasteiger charge is 2.34. The largest absolute Gasteiger partial charge is 0.354 e. The van der Waals surface area contributed by atoms with Crippen molar-refractivity contribution >= 4 is 61.6 Å². The summed E-state index contributed by atoms with van der Waals surface area (Å²) in [6.07, 6.45) is 0. The molecule has 1 aliphatic rings. The Morgan fingerprint density at radius 1 is 1.23 bits per heavy atom. The maximum atomic E-state index is 13.9. The molecular formula is C24H22FN5O2S3. The first kappa shape index (κ1) is 23.7. The molecule has 5 rings (SSSR count). The van der Waals surface area contributed by atoms with Crippen molar-refractivity contribution in [1.82, 2.24) is 20.2 Å². The number of aromatic nitrogens is 2. The normalized spacial score (nSPS) is 15.5. The first-order valence-electron chi connectivity index (χ1n) is 10.9. The van der Waals surface area contributed by atoms with Crippen LogP contribution in [-0.4, -0.2) is 65.0 Å². The van der Waals surface area contributed by atoms with Gasteiger partial charge in [0.15, 0.2) is 5.13 Å². The number of nitrogens with one attached hydrogen (secondary N) is 1. The first-order chi connectivity index (χ1) is 16.9. The van der Waals surface area contributed by atoms with Gasteiger partial charge in [-0.15, -0.1) is 23.1 Å². The zero-order valence-corrected chi connectivity index (χ0v) is 21.5. The Bertz CT molecular complexity index is 1400. The highest BCUT2D eigenvalue weighted by atomic mass is 32.2. The topological polar surface area (TPSA) is 78.4 Å². The number of anilines is 1. The lowest BCUT2D eigenvalue weighted by Crippen LogP contribution is -2.42. The molecule has 1 saturated heterocycles. The summed E-state index contributed by atoms with van der Waals surface area (Å²) >= 11 is 4.40. The van der Waals surface area contributed by atoms with Crippen LogP contribution in [0.2, 0.25) is 0 Å². The van der Waals surface area contributed by atoms with Gasteiger partial charge in [0.05, 0.1) is 31.5 Å². The summed E-state index contributed by atoms with van der Waals surface area (Å²) in [5.41, 5.74) is 4.01. The number of thioether (sulfide) groups is 1. The quantitative estimate of drug-likeness (QED) is 0.396. The van der Waals surface area contributed by atoms with Crippen LogP contribution in [0.1, 0.15) is 20.8 Å². The van der Waals surface area contributed by atoms with E-state index < -0.39 is 0 Å². The minimum Gasteiger partial charge on any atom is -0.354 e. The highest BCUT2D eigenvalue weighted by molar-refractivity contribution is 8.00. The zero-order valence-electron chi connectivity index (χ0n) is 19.0. The van der Waals surface area contributed by atoms with E-state index in [1.165, 1.54) is 34.8 Å². The van der Waals surface area contributed by atoms with Gasteiger partial charge >= 0.3 is 0 Å². The summed E-state index contributed by atoms with van der Waals surface area (Å²) in [5, 5.41) is 3.43. The van der Waals surface area contributed by atoms with E-state index in [2.05, 4.69) is 15.3 Å². The average molecular weight is 528 g/mol. The van der Waals surface area contributed by atoms with E-state index in [1.54, 1.807) is 40.4 Å². The van der Waals surface area contributed by atoms with Crippen molar-refractivity contribution in [2.45, 2.75) is 5.37 Å². The average Bonchev–Trinajstić information content (AvgIpc) is 3.61. The summed E-state index contributed by atoms with van der Waals surface area (Å²) in [6.45, 7) is 0.857. The first-order valence-corrected chi connectivity index (χ1v) is 13.6. The molecule has 1 N–H and O–H groups in total. The van der Waals surface area contributed by atoms with Crippen molar-refractivity contribution in [1.29, 1.82) is 0 Å². The SMILES string of the molecule is CN(C)c1nc(C(=O)N2CCSC2CNC(=O)c2cccc3ncsc23)c(-c2cccc(F)c2)s1. The van der Waals surface area contributed by atoms with Crippen molar-refractivity contribution in [3.05, 3.63) is 65.0 Å². The fourth-order valence-electron chi connectivity index (χ4n) is 3.87. The van der Waals surface area contributed by atoms with Gasteiger partial charge in [-0.2, -0.15) is 0 Å². The van der Waals surface area contributed by atoms with Crippen LogP contribution in [0.25, 0.3) is 20.7 Å². The number of fused-ring (bicyclic) bond motifs is 1. The van der Waals surface area contributed by atoms with Crippen LogP contribution in [0.4, 0.5) is 9.52 Å². The second-order valence-corrected chi connectivity index (χ2v) is 11.2. The number of amides is 2. The predicted octanol–water partition coefficient (Wildman–Crippen LogP) is 4.57. The van der Waals surface area contributed by atoms with Crippen LogP contribution in [0.3, 0.4) is 0 Å². The van der Waals surface area contributed by atoms with Crippen molar-refractivity contribution in [3.63, 3.8) is 0 Å². The van der Waals surface area contributed by atoms with Gasteiger partial charge in [0.1, 0.15) is 11.5 Å². The van der Waals surface area contributed by atoms with Crippen LogP contribution >= 0.6 is 34.4 Å². The van der Waals surface area contributed by atoms with Crippen LogP contribution in [0.15, 0.2) is 48.0 Å². The molecule has 0 aliphatic carbocycles. The Kier molecular flexibility index (Phi) is 6.72. The molecule has 2 aromatic heterocycles. The molecule has 1 aliphatic heterocycles. The molecule has 0 bridgehead atoms. The fourth-order valence-corrected chi connectivity index (χ4v) is 6.80. The number of thiazole rings is 2. The number of carbonyl (C=O) groups is 2. The fraction of sp³-hybridized carbons (Fsp3) is 0.250. The van der Waals surface area contributed by atoms with Crippen LogP contribution < -0.4 is 10.2 Å². The molecular weight excluding hydrogens is 505 g/mol. The Morgan fingerprint density at radius 3 is 2.86 bits per heavy atom. The molecule has 2 aromatic carbocycles. The summed E-state index contributed by atoms with van der Waals surface area (Å²) in [6, 6.07) is 11.7. The Labute approximate surface area is 214 Å². The summed E-state index contributed by atoms with van der Waals surface area (Å²) < 4.78 is 14.8. The number of rotatable bonds is 6. The lowest BCUT2D eigenvalue weighted by atomic mass is 10.1. The van der Waals surface area contributed by atoms with E-state index >= 15 is 0 Å². The van der Waals surface area contributed by atoms with Crippen LogP contribution in [-0.2, 0) is 0 Å². The molecule has 0 saturated carbocycles. The molecule has 3 heterocycles. The third kappa shape index (κ3) is 4.75. The van der Waals surface area contributed by atoms with E-state index in [9.17, 15) is 14.0 Å². The molecule has 35 heavy (non-hydrogen) atoms. The van der Waals surface area contributed by atoms with Gasteiger partial charge < -0.3 is 15.1 Å². The summed E-state index contributed by atoms with van der Waals surface area (Å²) in [4.78, 5) is 39.6. The Morgan fingerprint density at radius 2 is 2.06 bits per heavy atom. The van der Waals surface area contributed by atoms with Crippen LogP contribution in [0.5, 0.6) is 0 Å². The number of hydrogen-bond donors (Lipinski definition) is 1. The number of benzene rings is 2. The molecule has 1 fully saturated rings. The van der Waals surface area contributed by atoms with Crippen molar-refractivity contribution in [3.8, 4) is 10.4 Å².